The van der Waals surface area contributed by atoms with Gasteiger partial charge in [0, 0.05) is 20.2 Å². The van der Waals surface area contributed by atoms with Crippen LogP contribution in [0.3, 0.4) is 0 Å². The lowest BCUT2D eigenvalue weighted by Gasteiger charge is -2.13. The third-order valence-corrected chi connectivity index (χ3v) is 5.11. The molecular weight excluding hydrogens is 364 g/mol. The van der Waals surface area contributed by atoms with Crippen molar-refractivity contribution in [2.75, 3.05) is 0 Å². The van der Waals surface area contributed by atoms with Crippen LogP contribution in [0.2, 0.25) is 0 Å². The first-order chi connectivity index (χ1) is 8.08. The molecule has 2 rings (SSSR count). The number of aliphatic hydroxyl groups is 1. The highest BCUT2D eigenvalue weighted by molar-refractivity contribution is 9.10. The molecule has 0 radical (unpaired) electrons. The Morgan fingerprint density at radius 3 is 2.71 bits per heavy atom. The maximum atomic E-state index is 10.3. The summed E-state index contributed by atoms with van der Waals surface area (Å²) >= 11 is 8.59. The predicted octanol–water partition coefficient (Wildman–Crippen LogP) is 4.86. The van der Waals surface area contributed by atoms with Crippen LogP contribution < -0.4 is 0 Å². The van der Waals surface area contributed by atoms with Gasteiger partial charge < -0.3 is 5.11 Å². The third kappa shape index (κ3) is 3.19. The van der Waals surface area contributed by atoms with Crippen LogP contribution in [0, 0.1) is 6.92 Å². The molecule has 0 bridgehead atoms. The summed E-state index contributed by atoms with van der Waals surface area (Å²) in [6.45, 7) is 2.02. The average molecular weight is 376 g/mol. The Hall–Kier alpha value is -0.160. The maximum Gasteiger partial charge on any atom is 0.0841 e. The minimum absolute atomic E-state index is 0.456. The van der Waals surface area contributed by atoms with Crippen molar-refractivity contribution >= 4 is 43.2 Å². The summed E-state index contributed by atoms with van der Waals surface area (Å²) in [6, 6.07) is 8.01. The average Bonchev–Trinajstić information content (AvgIpc) is 2.68. The van der Waals surface area contributed by atoms with Gasteiger partial charge in [0.25, 0.3) is 0 Å². The maximum absolute atomic E-state index is 10.3. The van der Waals surface area contributed by atoms with Crippen LogP contribution >= 0.6 is 43.2 Å². The van der Waals surface area contributed by atoms with Gasteiger partial charge in [-0.15, -0.1) is 11.3 Å². The van der Waals surface area contributed by atoms with Crippen molar-refractivity contribution in [3.05, 3.63) is 54.6 Å². The van der Waals surface area contributed by atoms with Crippen LogP contribution in [-0.2, 0) is 6.42 Å². The molecule has 2 aromatic rings. The van der Waals surface area contributed by atoms with Crippen molar-refractivity contribution in [2.45, 2.75) is 19.4 Å². The highest BCUT2D eigenvalue weighted by Gasteiger charge is 2.14. The van der Waals surface area contributed by atoms with Gasteiger partial charge in [-0.3, -0.25) is 0 Å². The molecule has 1 aromatic heterocycles. The number of benzene rings is 1. The van der Waals surface area contributed by atoms with E-state index < -0.39 is 6.10 Å². The lowest BCUT2D eigenvalue weighted by molar-refractivity contribution is 0.178. The number of thiophene rings is 1. The lowest BCUT2D eigenvalue weighted by atomic mass is 10.0. The van der Waals surface area contributed by atoms with Crippen molar-refractivity contribution in [3.8, 4) is 0 Å². The molecule has 0 saturated heterocycles. The van der Waals surface area contributed by atoms with Crippen LogP contribution in [0.25, 0.3) is 0 Å². The number of aryl methyl sites for hydroxylation is 1. The van der Waals surface area contributed by atoms with E-state index in [1.54, 1.807) is 11.3 Å². The van der Waals surface area contributed by atoms with Gasteiger partial charge >= 0.3 is 0 Å². The largest absolute Gasteiger partial charge is 0.388 e. The predicted molar refractivity (Wildman–Crippen MR) is 79.6 cm³/mol. The van der Waals surface area contributed by atoms with Gasteiger partial charge in [-0.2, -0.15) is 0 Å². The molecule has 0 aliphatic heterocycles. The molecule has 0 aliphatic rings. The van der Waals surface area contributed by atoms with Crippen LogP contribution in [-0.4, -0.2) is 5.11 Å². The number of aliphatic hydroxyl groups excluding tert-OH is 1. The molecule has 1 aromatic carbocycles. The molecule has 4 heteroatoms. The Morgan fingerprint density at radius 2 is 2.06 bits per heavy atom. The van der Waals surface area contributed by atoms with Crippen molar-refractivity contribution in [1.82, 2.24) is 0 Å². The zero-order valence-electron chi connectivity index (χ0n) is 9.28. The van der Waals surface area contributed by atoms with E-state index in [1.807, 2.05) is 36.6 Å². The van der Waals surface area contributed by atoms with E-state index in [4.69, 9.17) is 0 Å². The molecule has 0 fully saturated rings. The summed E-state index contributed by atoms with van der Waals surface area (Å²) < 4.78 is 2.08. The number of hydrogen-bond donors (Lipinski definition) is 1. The minimum Gasteiger partial charge on any atom is -0.388 e. The zero-order valence-corrected chi connectivity index (χ0v) is 13.3. The molecule has 0 saturated carbocycles. The highest BCUT2D eigenvalue weighted by Crippen LogP contribution is 2.30. The molecule has 0 amide bonds. The van der Waals surface area contributed by atoms with Crippen molar-refractivity contribution in [2.24, 2.45) is 0 Å². The van der Waals surface area contributed by atoms with Crippen LogP contribution in [0.1, 0.15) is 22.1 Å². The smallest absolute Gasteiger partial charge is 0.0841 e. The fourth-order valence-corrected chi connectivity index (χ4v) is 3.66. The van der Waals surface area contributed by atoms with Crippen molar-refractivity contribution in [3.63, 3.8) is 0 Å². The second-order valence-corrected chi connectivity index (χ2v) is 6.68. The topological polar surface area (TPSA) is 20.2 Å². The monoisotopic (exact) mass is 374 g/mol. The van der Waals surface area contributed by atoms with Gasteiger partial charge in [-0.05, 0) is 57.6 Å². The highest BCUT2D eigenvalue weighted by atomic mass is 79.9. The van der Waals surface area contributed by atoms with Crippen LogP contribution in [0.15, 0.2) is 38.6 Å². The van der Waals surface area contributed by atoms with E-state index in [-0.39, 0.29) is 0 Å². The second-order valence-electron chi connectivity index (χ2n) is 3.91. The standard InChI is InChI=1S/C13H12Br2OS/c1-8-2-3-9(14)6-10(8)12(16)7-13-11(15)4-5-17-13/h2-6,12,16H,7H2,1H3. The van der Waals surface area contributed by atoms with Crippen molar-refractivity contribution in [1.29, 1.82) is 0 Å². The molecule has 90 valence electrons. The molecular formula is C13H12Br2OS. The summed E-state index contributed by atoms with van der Waals surface area (Å²) in [5.41, 5.74) is 2.10. The Bertz CT molecular complexity index is 522. The van der Waals surface area contributed by atoms with Gasteiger partial charge in [0.15, 0.2) is 0 Å². The molecule has 17 heavy (non-hydrogen) atoms. The molecule has 1 heterocycles. The fraction of sp³-hybridized carbons (Fsp3) is 0.231. The molecule has 1 atom stereocenters. The number of rotatable bonds is 3. The van der Waals surface area contributed by atoms with E-state index in [1.165, 1.54) is 4.88 Å². The quantitative estimate of drug-likeness (QED) is 0.812. The first kappa shape index (κ1) is 13.3. The Kier molecular flexibility index (Phi) is 4.42. The Morgan fingerprint density at radius 1 is 1.29 bits per heavy atom. The Balaban J connectivity index is 2.23. The first-order valence-electron chi connectivity index (χ1n) is 5.24. The van der Waals surface area contributed by atoms with Gasteiger partial charge in [-0.1, -0.05) is 22.0 Å². The fourth-order valence-electron chi connectivity index (χ4n) is 1.73. The SMILES string of the molecule is Cc1ccc(Br)cc1C(O)Cc1sccc1Br. The summed E-state index contributed by atoms with van der Waals surface area (Å²) in [5, 5.41) is 12.3. The second kappa shape index (κ2) is 5.65. The van der Waals surface area contributed by atoms with Gasteiger partial charge in [-0.25, -0.2) is 0 Å². The van der Waals surface area contributed by atoms with E-state index in [0.29, 0.717) is 6.42 Å². The van der Waals surface area contributed by atoms with E-state index in [0.717, 1.165) is 20.1 Å². The molecule has 1 nitrogen and oxygen atoms in total. The number of hydrogen-bond acceptors (Lipinski definition) is 2. The normalized spacial score (nSPS) is 12.7. The van der Waals surface area contributed by atoms with Crippen molar-refractivity contribution < 1.29 is 5.11 Å². The van der Waals surface area contributed by atoms with E-state index in [2.05, 4.69) is 31.9 Å². The van der Waals surface area contributed by atoms with E-state index >= 15 is 0 Å². The first-order valence-corrected chi connectivity index (χ1v) is 7.70. The van der Waals surface area contributed by atoms with E-state index in [9.17, 15) is 5.11 Å². The summed E-state index contributed by atoms with van der Waals surface area (Å²) in [4.78, 5) is 1.18. The summed E-state index contributed by atoms with van der Waals surface area (Å²) in [5.74, 6) is 0. The molecule has 0 aliphatic carbocycles. The Labute approximate surface area is 122 Å². The summed E-state index contributed by atoms with van der Waals surface area (Å²) in [7, 11) is 0. The number of halogens is 2. The van der Waals surface area contributed by atoms with Gasteiger partial charge in [0.05, 0.1) is 6.10 Å². The van der Waals surface area contributed by atoms with Crippen LogP contribution in [0.4, 0.5) is 0 Å². The van der Waals surface area contributed by atoms with Crippen LogP contribution in [0.5, 0.6) is 0 Å². The minimum atomic E-state index is -0.456. The van der Waals surface area contributed by atoms with Gasteiger partial charge in [0.1, 0.15) is 0 Å². The lowest BCUT2D eigenvalue weighted by Crippen LogP contribution is -2.03. The van der Waals surface area contributed by atoms with Gasteiger partial charge in [0.2, 0.25) is 0 Å². The third-order valence-electron chi connectivity index (χ3n) is 2.67. The molecule has 0 spiro atoms. The molecule has 1 unspecified atom stereocenters. The molecule has 1 N–H and O–H groups in total. The zero-order chi connectivity index (χ0) is 12.4. The summed E-state index contributed by atoms with van der Waals surface area (Å²) in [6.07, 6.45) is 0.192.